The second-order valence-corrected chi connectivity index (χ2v) is 4.46. The van der Waals surface area contributed by atoms with Crippen molar-refractivity contribution in [3.63, 3.8) is 0 Å². The highest BCUT2D eigenvalue weighted by Crippen LogP contribution is 2.11. The summed E-state index contributed by atoms with van der Waals surface area (Å²) in [5.74, 6) is 0. The molecule has 0 spiro atoms. The Kier molecular flexibility index (Phi) is 4.25. The molecular formula is C13H16N4O2. The van der Waals surface area contributed by atoms with Crippen LogP contribution in [0.5, 0.6) is 0 Å². The molecule has 2 aromatic rings. The number of rotatable bonds is 6. The lowest BCUT2D eigenvalue weighted by atomic mass is 10.2. The highest BCUT2D eigenvalue weighted by molar-refractivity contribution is 5.32. The Labute approximate surface area is 111 Å². The third-order valence-corrected chi connectivity index (χ3v) is 2.85. The van der Waals surface area contributed by atoms with E-state index in [0.29, 0.717) is 12.6 Å². The van der Waals surface area contributed by atoms with E-state index < -0.39 is 4.92 Å². The molecule has 1 heterocycles. The van der Waals surface area contributed by atoms with Gasteiger partial charge in [-0.3, -0.25) is 10.1 Å². The summed E-state index contributed by atoms with van der Waals surface area (Å²) < 4.78 is 2.01. The number of imidazole rings is 1. The minimum atomic E-state index is -0.390. The van der Waals surface area contributed by atoms with Crippen molar-refractivity contribution in [1.82, 2.24) is 14.9 Å². The van der Waals surface area contributed by atoms with E-state index in [9.17, 15) is 10.1 Å². The molecule has 0 saturated carbocycles. The fourth-order valence-corrected chi connectivity index (χ4v) is 1.80. The summed E-state index contributed by atoms with van der Waals surface area (Å²) in [5.41, 5.74) is 1.15. The Balaban J connectivity index is 1.83. The van der Waals surface area contributed by atoms with Crippen molar-refractivity contribution in [1.29, 1.82) is 0 Å². The molecule has 2 rings (SSSR count). The van der Waals surface area contributed by atoms with Gasteiger partial charge in [0, 0.05) is 43.7 Å². The number of hydrogen-bond acceptors (Lipinski definition) is 4. The van der Waals surface area contributed by atoms with E-state index in [0.717, 1.165) is 12.1 Å². The number of aromatic nitrogens is 2. The summed E-state index contributed by atoms with van der Waals surface area (Å²) in [6.07, 6.45) is 5.46. The molecule has 0 bridgehead atoms. The van der Waals surface area contributed by atoms with Crippen molar-refractivity contribution in [3.05, 3.63) is 58.7 Å². The van der Waals surface area contributed by atoms with Gasteiger partial charge >= 0.3 is 0 Å². The van der Waals surface area contributed by atoms with Gasteiger partial charge in [-0.05, 0) is 12.5 Å². The maximum Gasteiger partial charge on any atom is 0.269 e. The third-order valence-electron chi connectivity index (χ3n) is 2.85. The third kappa shape index (κ3) is 3.89. The SMILES string of the molecule is CC(Cn1ccnc1)NCc1ccc([N+](=O)[O-])cc1. The van der Waals surface area contributed by atoms with Crippen LogP contribution in [0.2, 0.25) is 0 Å². The molecule has 1 atom stereocenters. The highest BCUT2D eigenvalue weighted by atomic mass is 16.6. The number of non-ortho nitro benzene ring substituents is 1. The van der Waals surface area contributed by atoms with E-state index in [1.54, 1.807) is 24.7 Å². The molecule has 6 nitrogen and oxygen atoms in total. The van der Waals surface area contributed by atoms with Gasteiger partial charge in [0.05, 0.1) is 11.3 Å². The zero-order valence-corrected chi connectivity index (χ0v) is 10.7. The summed E-state index contributed by atoms with van der Waals surface area (Å²) in [7, 11) is 0. The van der Waals surface area contributed by atoms with Crippen molar-refractivity contribution < 1.29 is 4.92 Å². The summed E-state index contributed by atoms with van der Waals surface area (Å²) in [4.78, 5) is 14.1. The van der Waals surface area contributed by atoms with Crippen LogP contribution in [-0.4, -0.2) is 20.5 Å². The maximum atomic E-state index is 10.5. The number of hydrogen-bond donors (Lipinski definition) is 1. The molecule has 6 heteroatoms. The van der Waals surface area contributed by atoms with Crippen LogP contribution in [0, 0.1) is 10.1 Å². The Morgan fingerprint density at radius 2 is 2.16 bits per heavy atom. The minimum Gasteiger partial charge on any atom is -0.336 e. The highest BCUT2D eigenvalue weighted by Gasteiger charge is 2.05. The summed E-state index contributed by atoms with van der Waals surface area (Å²) in [6, 6.07) is 6.89. The molecule has 0 aliphatic rings. The lowest BCUT2D eigenvalue weighted by Crippen LogP contribution is -2.29. The predicted octanol–water partition coefficient (Wildman–Crippen LogP) is 1.97. The number of nitro benzene ring substituents is 1. The Hall–Kier alpha value is -2.21. The first-order valence-corrected chi connectivity index (χ1v) is 6.07. The Bertz CT molecular complexity index is 522. The van der Waals surface area contributed by atoms with E-state index in [1.807, 2.05) is 10.8 Å². The lowest BCUT2D eigenvalue weighted by molar-refractivity contribution is -0.384. The molecule has 0 amide bonds. The average Bonchev–Trinajstić information content (AvgIpc) is 2.89. The van der Waals surface area contributed by atoms with Gasteiger partial charge < -0.3 is 9.88 Å². The van der Waals surface area contributed by atoms with Crippen LogP contribution in [-0.2, 0) is 13.1 Å². The first-order chi connectivity index (χ1) is 9.15. The number of nitrogens with one attached hydrogen (secondary N) is 1. The second-order valence-electron chi connectivity index (χ2n) is 4.46. The Morgan fingerprint density at radius 1 is 1.42 bits per heavy atom. The lowest BCUT2D eigenvalue weighted by Gasteiger charge is -2.14. The number of benzene rings is 1. The van der Waals surface area contributed by atoms with E-state index in [4.69, 9.17) is 0 Å². The van der Waals surface area contributed by atoms with Crippen LogP contribution in [0.15, 0.2) is 43.0 Å². The molecule has 1 N–H and O–H groups in total. The van der Waals surface area contributed by atoms with E-state index in [-0.39, 0.29) is 5.69 Å². The second kappa shape index (κ2) is 6.10. The van der Waals surface area contributed by atoms with E-state index in [2.05, 4.69) is 17.2 Å². The summed E-state index contributed by atoms with van der Waals surface area (Å²) in [5, 5.41) is 13.9. The molecule has 0 saturated heterocycles. The zero-order chi connectivity index (χ0) is 13.7. The number of nitrogens with zero attached hydrogens (tertiary/aromatic N) is 3. The van der Waals surface area contributed by atoms with Gasteiger partial charge in [-0.15, -0.1) is 0 Å². The van der Waals surface area contributed by atoms with Crippen molar-refractivity contribution in [2.45, 2.75) is 26.1 Å². The average molecular weight is 260 g/mol. The topological polar surface area (TPSA) is 73.0 Å². The fraction of sp³-hybridized carbons (Fsp3) is 0.308. The molecule has 0 radical (unpaired) electrons. The van der Waals surface area contributed by atoms with Crippen LogP contribution < -0.4 is 5.32 Å². The van der Waals surface area contributed by atoms with Crippen molar-refractivity contribution in [2.75, 3.05) is 0 Å². The molecule has 0 aliphatic carbocycles. The van der Waals surface area contributed by atoms with Gasteiger partial charge in [0.2, 0.25) is 0 Å². The first kappa shape index (κ1) is 13.2. The van der Waals surface area contributed by atoms with Gasteiger partial charge in [-0.1, -0.05) is 12.1 Å². The predicted molar refractivity (Wildman–Crippen MR) is 71.6 cm³/mol. The number of nitro groups is 1. The molecule has 0 aliphatic heterocycles. The van der Waals surface area contributed by atoms with Crippen molar-refractivity contribution in [2.24, 2.45) is 0 Å². The monoisotopic (exact) mass is 260 g/mol. The maximum absolute atomic E-state index is 10.5. The van der Waals surface area contributed by atoms with Gasteiger partial charge in [0.15, 0.2) is 0 Å². The molecule has 1 aromatic carbocycles. The van der Waals surface area contributed by atoms with Crippen LogP contribution in [0.1, 0.15) is 12.5 Å². The quantitative estimate of drug-likeness (QED) is 0.636. The Morgan fingerprint density at radius 3 is 2.74 bits per heavy atom. The smallest absolute Gasteiger partial charge is 0.269 e. The van der Waals surface area contributed by atoms with Gasteiger partial charge in [-0.2, -0.15) is 0 Å². The summed E-state index contributed by atoms with van der Waals surface area (Å²) >= 11 is 0. The van der Waals surface area contributed by atoms with Crippen LogP contribution in [0.25, 0.3) is 0 Å². The van der Waals surface area contributed by atoms with Crippen LogP contribution in [0.4, 0.5) is 5.69 Å². The van der Waals surface area contributed by atoms with Gasteiger partial charge in [0.25, 0.3) is 5.69 Å². The van der Waals surface area contributed by atoms with Crippen molar-refractivity contribution >= 4 is 5.69 Å². The van der Waals surface area contributed by atoms with Gasteiger partial charge in [-0.25, -0.2) is 4.98 Å². The molecule has 1 aromatic heterocycles. The zero-order valence-electron chi connectivity index (χ0n) is 10.7. The first-order valence-electron chi connectivity index (χ1n) is 6.07. The minimum absolute atomic E-state index is 0.121. The molecule has 1 unspecified atom stereocenters. The molecule has 100 valence electrons. The van der Waals surface area contributed by atoms with Gasteiger partial charge in [0.1, 0.15) is 0 Å². The van der Waals surface area contributed by atoms with Crippen molar-refractivity contribution in [3.8, 4) is 0 Å². The molecular weight excluding hydrogens is 244 g/mol. The van der Waals surface area contributed by atoms with E-state index >= 15 is 0 Å². The summed E-state index contributed by atoms with van der Waals surface area (Å²) in [6.45, 7) is 3.62. The van der Waals surface area contributed by atoms with E-state index in [1.165, 1.54) is 12.1 Å². The fourth-order valence-electron chi connectivity index (χ4n) is 1.80. The largest absolute Gasteiger partial charge is 0.336 e. The molecule has 0 fully saturated rings. The molecule has 19 heavy (non-hydrogen) atoms. The van der Waals surface area contributed by atoms with Crippen LogP contribution >= 0.6 is 0 Å². The van der Waals surface area contributed by atoms with Crippen LogP contribution in [0.3, 0.4) is 0 Å². The normalized spacial score (nSPS) is 12.3. The standard InChI is InChI=1S/C13H16N4O2/c1-11(9-16-7-6-14-10-16)15-8-12-2-4-13(5-3-12)17(18)19/h2-7,10-11,15H,8-9H2,1H3.